The number of amides is 1. The van der Waals surface area contributed by atoms with Crippen molar-refractivity contribution in [1.82, 2.24) is 4.90 Å². The van der Waals surface area contributed by atoms with Crippen LogP contribution in [0.5, 0.6) is 0 Å². The second-order valence-electron chi connectivity index (χ2n) is 7.13. The van der Waals surface area contributed by atoms with E-state index < -0.39 is 6.04 Å². The number of nitrogens with zero attached hydrogens (tertiary/aromatic N) is 2. The summed E-state index contributed by atoms with van der Waals surface area (Å²) in [7, 11) is 0. The molecule has 1 aliphatic rings. The predicted molar refractivity (Wildman–Crippen MR) is 116 cm³/mol. The van der Waals surface area contributed by atoms with Crippen LogP contribution in [0.1, 0.15) is 22.3 Å². The Morgan fingerprint density at radius 2 is 1.69 bits per heavy atom. The summed E-state index contributed by atoms with van der Waals surface area (Å²) in [4.78, 5) is 14.6. The second kappa shape index (κ2) is 8.91. The van der Waals surface area contributed by atoms with Gasteiger partial charge in [-0.1, -0.05) is 66.7 Å². The molecule has 3 aromatic carbocycles. The molecule has 1 heterocycles. The van der Waals surface area contributed by atoms with Crippen molar-refractivity contribution in [2.24, 2.45) is 5.73 Å². The lowest BCUT2D eigenvalue weighted by atomic mass is 9.98. The zero-order valence-electron chi connectivity index (χ0n) is 15.9. The van der Waals surface area contributed by atoms with Crippen LogP contribution < -0.4 is 5.73 Å². The zero-order chi connectivity index (χ0) is 19.5. The van der Waals surface area contributed by atoms with E-state index in [4.69, 9.17) is 5.73 Å². The van der Waals surface area contributed by atoms with Crippen LogP contribution in [0.2, 0.25) is 0 Å². The normalized spacial score (nSPS) is 15.7. The molecule has 0 radical (unpaired) electrons. The van der Waals surface area contributed by atoms with Crippen molar-refractivity contribution >= 4 is 18.3 Å². The maximum Gasteiger partial charge on any atom is 0.240 e. The summed E-state index contributed by atoms with van der Waals surface area (Å²) < 4.78 is 0. The van der Waals surface area contributed by atoms with E-state index in [9.17, 15) is 10.1 Å². The van der Waals surface area contributed by atoms with Gasteiger partial charge in [0.1, 0.15) is 0 Å². The van der Waals surface area contributed by atoms with Crippen molar-refractivity contribution < 1.29 is 4.79 Å². The highest BCUT2D eigenvalue weighted by molar-refractivity contribution is 5.85. The fourth-order valence-corrected chi connectivity index (χ4v) is 3.76. The Balaban J connectivity index is 0.00000240. The molecular formula is C24H22ClN3O. The molecule has 5 heteroatoms. The molecule has 0 fully saturated rings. The quantitative estimate of drug-likeness (QED) is 0.716. The molecule has 29 heavy (non-hydrogen) atoms. The molecule has 1 atom stereocenters. The molecule has 0 bridgehead atoms. The maximum absolute atomic E-state index is 12.8. The minimum Gasteiger partial charge on any atom is -0.333 e. The monoisotopic (exact) mass is 403 g/mol. The Bertz CT molecular complexity index is 1060. The highest BCUT2D eigenvalue weighted by atomic mass is 35.5. The largest absolute Gasteiger partial charge is 0.333 e. The van der Waals surface area contributed by atoms with E-state index in [0.717, 1.165) is 27.8 Å². The van der Waals surface area contributed by atoms with Crippen molar-refractivity contribution in [1.29, 1.82) is 5.26 Å². The molecule has 4 nitrogen and oxygen atoms in total. The average Bonchev–Trinajstić information content (AvgIpc) is 2.85. The van der Waals surface area contributed by atoms with Gasteiger partial charge in [0.25, 0.3) is 0 Å². The highest BCUT2D eigenvalue weighted by Gasteiger charge is 2.26. The number of nitrogens with two attached hydrogens (primary N) is 1. The first-order valence-corrected chi connectivity index (χ1v) is 9.35. The number of hydrogen-bond acceptors (Lipinski definition) is 3. The van der Waals surface area contributed by atoms with E-state index in [-0.39, 0.29) is 18.3 Å². The summed E-state index contributed by atoms with van der Waals surface area (Å²) in [6.45, 7) is 0.968. The molecule has 146 valence electrons. The minimum atomic E-state index is -0.539. The molecule has 0 aliphatic carbocycles. The van der Waals surface area contributed by atoms with Gasteiger partial charge in [-0.05, 0) is 40.3 Å². The first kappa shape index (κ1) is 20.6. The van der Waals surface area contributed by atoms with Gasteiger partial charge in [0.2, 0.25) is 5.91 Å². The zero-order valence-corrected chi connectivity index (χ0v) is 16.7. The molecule has 0 aromatic heterocycles. The third-order valence-corrected chi connectivity index (χ3v) is 5.21. The van der Waals surface area contributed by atoms with E-state index in [2.05, 4.69) is 6.07 Å². The van der Waals surface area contributed by atoms with Crippen LogP contribution in [0.4, 0.5) is 0 Å². The Morgan fingerprint density at radius 1 is 1.00 bits per heavy atom. The molecule has 0 saturated heterocycles. The number of carbonyl (C=O) groups is 1. The number of rotatable bonds is 3. The lowest BCUT2D eigenvalue weighted by molar-refractivity contribution is -0.133. The summed E-state index contributed by atoms with van der Waals surface area (Å²) in [6, 6.07) is 25.5. The van der Waals surface area contributed by atoms with Crippen molar-refractivity contribution in [2.45, 2.75) is 25.6 Å². The van der Waals surface area contributed by atoms with E-state index in [0.29, 0.717) is 25.1 Å². The predicted octanol–water partition coefficient (Wildman–Crippen LogP) is 4.06. The van der Waals surface area contributed by atoms with Crippen molar-refractivity contribution in [3.05, 3.63) is 95.1 Å². The molecule has 1 amide bonds. The van der Waals surface area contributed by atoms with Crippen LogP contribution in [-0.2, 0) is 24.3 Å². The Kier molecular flexibility index (Phi) is 6.33. The number of halogens is 1. The lowest BCUT2D eigenvalue weighted by Crippen LogP contribution is -2.42. The number of fused-ring (bicyclic) bond motifs is 1. The van der Waals surface area contributed by atoms with Gasteiger partial charge < -0.3 is 10.6 Å². The van der Waals surface area contributed by atoms with Crippen LogP contribution in [0.15, 0.2) is 72.8 Å². The third-order valence-electron chi connectivity index (χ3n) is 5.21. The summed E-state index contributed by atoms with van der Waals surface area (Å²) in [5.41, 5.74) is 11.8. The van der Waals surface area contributed by atoms with Gasteiger partial charge in [0.15, 0.2) is 0 Å². The SMILES string of the molecule is Cl.N#Cc1cc(CN2Cc3ccccc3CC(N)C2=O)ccc1-c1ccccc1. The summed E-state index contributed by atoms with van der Waals surface area (Å²) in [6.07, 6.45) is 0.557. The molecule has 0 saturated carbocycles. The van der Waals surface area contributed by atoms with Crippen molar-refractivity contribution in [3.63, 3.8) is 0 Å². The van der Waals surface area contributed by atoms with Crippen LogP contribution >= 0.6 is 12.4 Å². The van der Waals surface area contributed by atoms with E-state index in [1.165, 1.54) is 0 Å². The first-order valence-electron chi connectivity index (χ1n) is 9.35. The molecule has 3 aromatic rings. The molecular weight excluding hydrogens is 382 g/mol. The van der Waals surface area contributed by atoms with E-state index >= 15 is 0 Å². The average molecular weight is 404 g/mol. The number of benzene rings is 3. The van der Waals surface area contributed by atoms with Crippen LogP contribution in [0, 0.1) is 11.3 Å². The van der Waals surface area contributed by atoms with E-state index in [1.54, 1.807) is 4.90 Å². The summed E-state index contributed by atoms with van der Waals surface area (Å²) in [5.74, 6) is -0.0538. The summed E-state index contributed by atoms with van der Waals surface area (Å²) in [5, 5.41) is 9.63. The van der Waals surface area contributed by atoms with Gasteiger partial charge in [-0.3, -0.25) is 4.79 Å². The van der Waals surface area contributed by atoms with Crippen LogP contribution in [0.3, 0.4) is 0 Å². The van der Waals surface area contributed by atoms with Crippen LogP contribution in [-0.4, -0.2) is 16.8 Å². The fourth-order valence-electron chi connectivity index (χ4n) is 3.76. The van der Waals surface area contributed by atoms with Crippen LogP contribution in [0.25, 0.3) is 11.1 Å². The fraction of sp³-hybridized carbons (Fsp3) is 0.167. The van der Waals surface area contributed by atoms with Gasteiger partial charge >= 0.3 is 0 Å². The van der Waals surface area contributed by atoms with Gasteiger partial charge in [-0.2, -0.15) is 5.26 Å². The van der Waals surface area contributed by atoms with Gasteiger partial charge in [0.05, 0.1) is 17.7 Å². The topological polar surface area (TPSA) is 70.1 Å². The second-order valence-corrected chi connectivity index (χ2v) is 7.13. The van der Waals surface area contributed by atoms with Crippen molar-refractivity contribution in [2.75, 3.05) is 0 Å². The number of hydrogen-bond donors (Lipinski definition) is 1. The standard InChI is InChI=1S/C24H21N3O.ClH/c25-14-21-12-17(10-11-22(21)18-6-2-1-3-7-18)15-27-16-20-9-5-4-8-19(20)13-23(26)24(27)28;/h1-12,23H,13,15-16,26H2;1H. The van der Waals surface area contributed by atoms with Crippen molar-refractivity contribution in [3.8, 4) is 17.2 Å². The highest BCUT2D eigenvalue weighted by Crippen LogP contribution is 2.26. The van der Waals surface area contributed by atoms with E-state index in [1.807, 2.05) is 72.8 Å². The Labute approximate surface area is 177 Å². The summed E-state index contributed by atoms with van der Waals surface area (Å²) >= 11 is 0. The Hall–Kier alpha value is -3.13. The Morgan fingerprint density at radius 3 is 2.41 bits per heavy atom. The molecule has 1 aliphatic heterocycles. The minimum absolute atomic E-state index is 0. The molecule has 4 rings (SSSR count). The van der Waals surface area contributed by atoms with Gasteiger partial charge in [-0.15, -0.1) is 12.4 Å². The van der Waals surface area contributed by atoms with Gasteiger partial charge in [0, 0.05) is 13.1 Å². The first-order chi connectivity index (χ1) is 13.7. The maximum atomic E-state index is 12.8. The van der Waals surface area contributed by atoms with Gasteiger partial charge in [-0.25, -0.2) is 0 Å². The molecule has 1 unspecified atom stereocenters. The number of carbonyl (C=O) groups excluding carboxylic acids is 1. The smallest absolute Gasteiger partial charge is 0.240 e. The third kappa shape index (κ3) is 4.32. The molecule has 2 N–H and O–H groups in total. The molecule has 0 spiro atoms. The lowest BCUT2D eigenvalue weighted by Gasteiger charge is -2.23. The number of nitriles is 1.